The number of rotatable bonds is 8. The van der Waals surface area contributed by atoms with Crippen molar-refractivity contribution < 1.29 is 9.53 Å². The van der Waals surface area contributed by atoms with Gasteiger partial charge in [0.25, 0.3) is 0 Å². The zero-order valence-electron chi connectivity index (χ0n) is 12.0. The highest BCUT2D eigenvalue weighted by atomic mass is 16.5. The van der Waals surface area contributed by atoms with Crippen LogP contribution in [0.5, 0.6) is 0 Å². The summed E-state index contributed by atoms with van der Waals surface area (Å²) in [5.41, 5.74) is 2.50. The molecule has 19 heavy (non-hydrogen) atoms. The largest absolute Gasteiger partial charge is 0.380 e. The van der Waals surface area contributed by atoms with E-state index in [9.17, 15) is 4.79 Å². The predicted octanol–water partition coefficient (Wildman–Crippen LogP) is 1.28. The number of hydrogen-bond donors (Lipinski definition) is 2. The SMILES string of the molecule is COC(C)CNCC(=O)NCCc1ccc(C)cc1. The fraction of sp³-hybridized carbons (Fsp3) is 0.533. The second-order valence-electron chi connectivity index (χ2n) is 4.76. The summed E-state index contributed by atoms with van der Waals surface area (Å²) >= 11 is 0. The molecule has 0 spiro atoms. The molecule has 0 aliphatic carbocycles. The highest BCUT2D eigenvalue weighted by Crippen LogP contribution is 2.02. The molecule has 4 heteroatoms. The van der Waals surface area contributed by atoms with Crippen LogP contribution in [-0.4, -0.2) is 38.8 Å². The molecule has 0 radical (unpaired) electrons. The van der Waals surface area contributed by atoms with Gasteiger partial charge in [-0.15, -0.1) is 0 Å². The zero-order chi connectivity index (χ0) is 14.1. The quantitative estimate of drug-likeness (QED) is 0.743. The first kappa shape index (κ1) is 15.7. The second-order valence-corrected chi connectivity index (χ2v) is 4.76. The number of hydrogen-bond acceptors (Lipinski definition) is 3. The van der Waals surface area contributed by atoms with Crippen LogP contribution in [0.4, 0.5) is 0 Å². The lowest BCUT2D eigenvalue weighted by Crippen LogP contribution is -2.37. The average Bonchev–Trinajstić information content (AvgIpc) is 2.41. The van der Waals surface area contributed by atoms with Crippen LogP contribution in [0.15, 0.2) is 24.3 Å². The fourth-order valence-corrected chi connectivity index (χ4v) is 1.64. The van der Waals surface area contributed by atoms with Crippen molar-refractivity contribution in [2.75, 3.05) is 26.7 Å². The van der Waals surface area contributed by atoms with E-state index in [1.54, 1.807) is 7.11 Å². The van der Waals surface area contributed by atoms with Crippen LogP contribution >= 0.6 is 0 Å². The first-order valence-electron chi connectivity index (χ1n) is 6.67. The van der Waals surface area contributed by atoms with Crippen molar-refractivity contribution in [2.45, 2.75) is 26.4 Å². The molecule has 1 unspecified atom stereocenters. The van der Waals surface area contributed by atoms with Gasteiger partial charge in [-0.1, -0.05) is 29.8 Å². The summed E-state index contributed by atoms with van der Waals surface area (Å²) in [6, 6.07) is 8.37. The van der Waals surface area contributed by atoms with Crippen molar-refractivity contribution in [1.29, 1.82) is 0 Å². The number of amides is 1. The monoisotopic (exact) mass is 264 g/mol. The van der Waals surface area contributed by atoms with Gasteiger partial charge >= 0.3 is 0 Å². The number of methoxy groups -OCH3 is 1. The van der Waals surface area contributed by atoms with Gasteiger partial charge in [0, 0.05) is 20.2 Å². The lowest BCUT2D eigenvalue weighted by molar-refractivity contribution is -0.120. The minimum atomic E-state index is 0.0235. The van der Waals surface area contributed by atoms with E-state index >= 15 is 0 Å². The summed E-state index contributed by atoms with van der Waals surface area (Å²) in [6.07, 6.45) is 0.987. The van der Waals surface area contributed by atoms with Crippen molar-refractivity contribution in [1.82, 2.24) is 10.6 Å². The van der Waals surface area contributed by atoms with Crippen LogP contribution in [-0.2, 0) is 16.0 Å². The van der Waals surface area contributed by atoms with Crippen LogP contribution < -0.4 is 10.6 Å². The molecule has 0 fully saturated rings. The number of nitrogens with one attached hydrogen (secondary N) is 2. The van der Waals surface area contributed by atoms with Crippen molar-refractivity contribution in [2.24, 2.45) is 0 Å². The molecular formula is C15H24N2O2. The Bertz CT molecular complexity index is 376. The van der Waals surface area contributed by atoms with E-state index in [2.05, 4.69) is 41.8 Å². The van der Waals surface area contributed by atoms with E-state index in [1.165, 1.54) is 11.1 Å². The number of benzene rings is 1. The maximum absolute atomic E-state index is 11.5. The molecule has 1 aromatic rings. The number of carbonyl (C=O) groups excluding carboxylic acids is 1. The predicted molar refractivity (Wildman–Crippen MR) is 77.2 cm³/mol. The minimum Gasteiger partial charge on any atom is -0.380 e. The molecule has 4 nitrogen and oxygen atoms in total. The second kappa shape index (κ2) is 8.67. The van der Waals surface area contributed by atoms with E-state index in [0.29, 0.717) is 19.6 Å². The first-order valence-corrected chi connectivity index (χ1v) is 6.67. The third-order valence-electron chi connectivity index (χ3n) is 2.98. The number of aryl methyl sites for hydroxylation is 1. The van der Waals surface area contributed by atoms with Gasteiger partial charge in [-0.05, 0) is 25.8 Å². The van der Waals surface area contributed by atoms with Gasteiger partial charge in [0.05, 0.1) is 12.6 Å². The smallest absolute Gasteiger partial charge is 0.233 e. The van der Waals surface area contributed by atoms with Gasteiger partial charge in [-0.3, -0.25) is 4.79 Å². The van der Waals surface area contributed by atoms with Crippen LogP contribution in [0.25, 0.3) is 0 Å². The van der Waals surface area contributed by atoms with Gasteiger partial charge in [-0.25, -0.2) is 0 Å². The van der Waals surface area contributed by atoms with E-state index in [4.69, 9.17) is 4.74 Å². The van der Waals surface area contributed by atoms with Crippen molar-refractivity contribution in [3.8, 4) is 0 Å². The van der Waals surface area contributed by atoms with Gasteiger partial charge in [0.2, 0.25) is 5.91 Å². The third kappa shape index (κ3) is 6.94. The number of carbonyl (C=O) groups is 1. The molecule has 1 amide bonds. The maximum atomic E-state index is 11.5. The van der Waals surface area contributed by atoms with Gasteiger partial charge in [0.15, 0.2) is 0 Å². The maximum Gasteiger partial charge on any atom is 0.233 e. The summed E-state index contributed by atoms with van der Waals surface area (Å²) in [7, 11) is 1.66. The summed E-state index contributed by atoms with van der Waals surface area (Å²) in [6.45, 7) is 5.72. The van der Waals surface area contributed by atoms with E-state index in [1.807, 2.05) is 6.92 Å². The summed E-state index contributed by atoms with van der Waals surface area (Å²) in [4.78, 5) is 11.5. The molecule has 1 atom stereocenters. The van der Waals surface area contributed by atoms with Crippen LogP contribution in [0, 0.1) is 6.92 Å². The molecule has 0 aliphatic rings. The molecule has 106 valence electrons. The Morgan fingerprint density at radius 3 is 2.63 bits per heavy atom. The third-order valence-corrected chi connectivity index (χ3v) is 2.98. The summed E-state index contributed by atoms with van der Waals surface area (Å²) in [5, 5.41) is 5.95. The molecule has 0 bridgehead atoms. The van der Waals surface area contributed by atoms with Crippen molar-refractivity contribution in [3.63, 3.8) is 0 Å². The topological polar surface area (TPSA) is 50.4 Å². The molecule has 1 rings (SSSR count). The van der Waals surface area contributed by atoms with Crippen molar-refractivity contribution in [3.05, 3.63) is 35.4 Å². The highest BCUT2D eigenvalue weighted by Gasteiger charge is 2.02. The van der Waals surface area contributed by atoms with E-state index in [-0.39, 0.29) is 12.0 Å². The van der Waals surface area contributed by atoms with Crippen LogP contribution in [0.1, 0.15) is 18.1 Å². The van der Waals surface area contributed by atoms with Gasteiger partial charge < -0.3 is 15.4 Å². The Morgan fingerprint density at radius 1 is 1.32 bits per heavy atom. The van der Waals surface area contributed by atoms with Gasteiger partial charge in [0.1, 0.15) is 0 Å². The Labute approximate surface area is 115 Å². The Balaban J connectivity index is 2.11. The standard InChI is InChI=1S/C15H24N2O2/c1-12-4-6-14(7-5-12)8-9-17-15(18)11-16-10-13(2)19-3/h4-7,13,16H,8-11H2,1-3H3,(H,17,18). The van der Waals surface area contributed by atoms with Gasteiger partial charge in [-0.2, -0.15) is 0 Å². The lowest BCUT2D eigenvalue weighted by atomic mass is 10.1. The zero-order valence-corrected chi connectivity index (χ0v) is 12.0. The molecule has 0 saturated heterocycles. The Hall–Kier alpha value is -1.39. The Kier molecular flexibility index (Phi) is 7.15. The normalized spacial score (nSPS) is 12.2. The molecule has 0 aromatic heterocycles. The first-order chi connectivity index (χ1) is 9.11. The van der Waals surface area contributed by atoms with Crippen molar-refractivity contribution >= 4 is 5.91 Å². The number of ether oxygens (including phenoxy) is 1. The van der Waals surface area contributed by atoms with Crippen LogP contribution in [0.2, 0.25) is 0 Å². The lowest BCUT2D eigenvalue weighted by Gasteiger charge is -2.10. The molecular weight excluding hydrogens is 240 g/mol. The average molecular weight is 264 g/mol. The summed E-state index contributed by atoms with van der Waals surface area (Å²) in [5.74, 6) is 0.0235. The Morgan fingerprint density at radius 2 is 2.00 bits per heavy atom. The van der Waals surface area contributed by atoms with E-state index < -0.39 is 0 Å². The summed E-state index contributed by atoms with van der Waals surface area (Å²) < 4.78 is 5.09. The fourth-order valence-electron chi connectivity index (χ4n) is 1.64. The molecule has 0 saturated carbocycles. The molecule has 2 N–H and O–H groups in total. The van der Waals surface area contributed by atoms with E-state index in [0.717, 1.165) is 6.42 Å². The highest BCUT2D eigenvalue weighted by molar-refractivity contribution is 5.77. The van der Waals surface area contributed by atoms with Crippen LogP contribution in [0.3, 0.4) is 0 Å². The molecule has 0 aliphatic heterocycles. The minimum absolute atomic E-state index is 0.0235. The molecule has 0 heterocycles. The molecule has 1 aromatic carbocycles.